The summed E-state index contributed by atoms with van der Waals surface area (Å²) in [5.74, 6) is 1.90. The minimum absolute atomic E-state index is 0.802. The van der Waals surface area contributed by atoms with Gasteiger partial charge >= 0.3 is 0 Å². The second-order valence-electron chi connectivity index (χ2n) is 3.17. The zero-order valence-corrected chi connectivity index (χ0v) is 9.25. The van der Waals surface area contributed by atoms with E-state index in [4.69, 9.17) is 4.74 Å². The minimum atomic E-state index is 0.802. The van der Waals surface area contributed by atoms with Gasteiger partial charge in [-0.15, -0.1) is 0 Å². The van der Waals surface area contributed by atoms with Gasteiger partial charge in [-0.2, -0.15) is 12.6 Å². The standard InChI is InChI=1S/C11H17NOS/c14-10-4-2-1-3-9-13-11-5-7-12-8-6-11/h5-8,14H,1-4,9-10H2. The molecular weight excluding hydrogens is 194 g/mol. The van der Waals surface area contributed by atoms with E-state index in [-0.39, 0.29) is 0 Å². The Balaban J connectivity index is 1.99. The van der Waals surface area contributed by atoms with Gasteiger partial charge in [-0.3, -0.25) is 4.98 Å². The Morgan fingerprint density at radius 2 is 1.79 bits per heavy atom. The first-order valence-electron chi connectivity index (χ1n) is 5.07. The van der Waals surface area contributed by atoms with E-state index in [0.717, 1.165) is 24.5 Å². The molecule has 0 N–H and O–H groups in total. The van der Waals surface area contributed by atoms with Crippen LogP contribution in [-0.4, -0.2) is 17.3 Å². The molecule has 1 aromatic rings. The third-order valence-electron chi connectivity index (χ3n) is 1.97. The lowest BCUT2D eigenvalue weighted by molar-refractivity contribution is 0.305. The molecule has 1 aromatic heterocycles. The summed E-state index contributed by atoms with van der Waals surface area (Å²) in [7, 11) is 0. The maximum atomic E-state index is 5.53. The Labute approximate surface area is 91.1 Å². The normalized spacial score (nSPS) is 10.1. The van der Waals surface area contributed by atoms with E-state index in [1.807, 2.05) is 12.1 Å². The Bertz CT molecular complexity index is 228. The van der Waals surface area contributed by atoms with Crippen LogP contribution >= 0.6 is 12.6 Å². The molecule has 0 amide bonds. The molecule has 0 bridgehead atoms. The molecular formula is C11H17NOS. The van der Waals surface area contributed by atoms with Crippen LogP contribution in [0.25, 0.3) is 0 Å². The maximum absolute atomic E-state index is 5.53. The van der Waals surface area contributed by atoms with Crippen LogP contribution in [0.4, 0.5) is 0 Å². The Morgan fingerprint density at radius 1 is 1.07 bits per heavy atom. The number of pyridine rings is 1. The molecule has 78 valence electrons. The smallest absolute Gasteiger partial charge is 0.122 e. The summed E-state index contributed by atoms with van der Waals surface area (Å²) >= 11 is 4.16. The van der Waals surface area contributed by atoms with Crippen LogP contribution in [0, 0.1) is 0 Å². The number of hydrogen-bond donors (Lipinski definition) is 1. The Kier molecular flexibility index (Phi) is 6.24. The van der Waals surface area contributed by atoms with E-state index in [1.54, 1.807) is 12.4 Å². The summed E-state index contributed by atoms with van der Waals surface area (Å²) in [5.41, 5.74) is 0. The summed E-state index contributed by atoms with van der Waals surface area (Å²) in [6.07, 6.45) is 8.30. The number of thiol groups is 1. The highest BCUT2D eigenvalue weighted by molar-refractivity contribution is 7.80. The predicted molar refractivity (Wildman–Crippen MR) is 62.1 cm³/mol. The topological polar surface area (TPSA) is 22.1 Å². The van der Waals surface area contributed by atoms with Crippen molar-refractivity contribution in [2.24, 2.45) is 0 Å². The molecule has 2 nitrogen and oxygen atoms in total. The average Bonchev–Trinajstić information content (AvgIpc) is 2.25. The van der Waals surface area contributed by atoms with E-state index >= 15 is 0 Å². The van der Waals surface area contributed by atoms with Crippen LogP contribution in [0.1, 0.15) is 25.7 Å². The van der Waals surface area contributed by atoms with Gasteiger partial charge in [-0.25, -0.2) is 0 Å². The minimum Gasteiger partial charge on any atom is -0.493 e. The first kappa shape index (κ1) is 11.4. The van der Waals surface area contributed by atoms with Gasteiger partial charge < -0.3 is 4.74 Å². The monoisotopic (exact) mass is 211 g/mol. The van der Waals surface area contributed by atoms with Gasteiger partial charge in [-0.1, -0.05) is 12.8 Å². The van der Waals surface area contributed by atoms with Crippen molar-refractivity contribution in [1.29, 1.82) is 0 Å². The van der Waals surface area contributed by atoms with Crippen LogP contribution in [0.3, 0.4) is 0 Å². The van der Waals surface area contributed by atoms with Gasteiger partial charge in [0.05, 0.1) is 6.61 Å². The number of unbranched alkanes of at least 4 members (excludes halogenated alkanes) is 3. The van der Waals surface area contributed by atoms with Crippen LogP contribution in [0.5, 0.6) is 5.75 Å². The van der Waals surface area contributed by atoms with Gasteiger partial charge in [0.15, 0.2) is 0 Å². The van der Waals surface area contributed by atoms with E-state index < -0.39 is 0 Å². The van der Waals surface area contributed by atoms with Crippen molar-refractivity contribution in [2.75, 3.05) is 12.4 Å². The van der Waals surface area contributed by atoms with Crippen molar-refractivity contribution >= 4 is 12.6 Å². The highest BCUT2D eigenvalue weighted by Gasteiger charge is 1.92. The van der Waals surface area contributed by atoms with Crippen molar-refractivity contribution in [3.05, 3.63) is 24.5 Å². The summed E-state index contributed by atoms with van der Waals surface area (Å²) in [4.78, 5) is 3.93. The van der Waals surface area contributed by atoms with Crippen LogP contribution in [0.15, 0.2) is 24.5 Å². The summed E-state index contributed by atoms with van der Waals surface area (Å²) < 4.78 is 5.53. The predicted octanol–water partition coefficient (Wildman–Crippen LogP) is 2.95. The second kappa shape index (κ2) is 7.68. The first-order chi connectivity index (χ1) is 6.93. The van der Waals surface area contributed by atoms with E-state index in [9.17, 15) is 0 Å². The molecule has 0 unspecified atom stereocenters. The van der Waals surface area contributed by atoms with E-state index in [2.05, 4.69) is 17.6 Å². The Hall–Kier alpha value is -0.700. The van der Waals surface area contributed by atoms with Crippen molar-refractivity contribution in [2.45, 2.75) is 25.7 Å². The highest BCUT2D eigenvalue weighted by atomic mass is 32.1. The first-order valence-corrected chi connectivity index (χ1v) is 5.70. The van der Waals surface area contributed by atoms with Gasteiger partial charge in [-0.05, 0) is 30.7 Å². The van der Waals surface area contributed by atoms with Gasteiger partial charge in [0.1, 0.15) is 5.75 Å². The molecule has 3 heteroatoms. The van der Waals surface area contributed by atoms with Crippen LogP contribution < -0.4 is 4.74 Å². The van der Waals surface area contributed by atoms with Crippen LogP contribution in [-0.2, 0) is 0 Å². The lowest BCUT2D eigenvalue weighted by Crippen LogP contribution is -1.97. The number of nitrogens with zero attached hydrogens (tertiary/aromatic N) is 1. The number of rotatable bonds is 7. The van der Waals surface area contributed by atoms with E-state index in [0.29, 0.717) is 0 Å². The zero-order chi connectivity index (χ0) is 10.1. The zero-order valence-electron chi connectivity index (χ0n) is 8.35. The molecule has 0 saturated heterocycles. The second-order valence-corrected chi connectivity index (χ2v) is 3.62. The molecule has 0 saturated carbocycles. The fourth-order valence-corrected chi connectivity index (χ4v) is 1.42. The van der Waals surface area contributed by atoms with Crippen molar-refractivity contribution in [1.82, 2.24) is 4.98 Å². The summed E-state index contributed by atoms with van der Waals surface area (Å²) in [5, 5.41) is 0. The molecule has 1 heterocycles. The largest absolute Gasteiger partial charge is 0.493 e. The van der Waals surface area contributed by atoms with E-state index in [1.165, 1.54) is 19.3 Å². The van der Waals surface area contributed by atoms with Crippen LogP contribution in [0.2, 0.25) is 0 Å². The fourth-order valence-electron chi connectivity index (χ4n) is 1.19. The molecule has 0 fully saturated rings. The number of ether oxygens (including phenoxy) is 1. The van der Waals surface area contributed by atoms with Crippen molar-refractivity contribution in [3.63, 3.8) is 0 Å². The fraction of sp³-hybridized carbons (Fsp3) is 0.545. The molecule has 1 rings (SSSR count). The lowest BCUT2D eigenvalue weighted by Gasteiger charge is -2.04. The molecule has 14 heavy (non-hydrogen) atoms. The molecule has 0 aliphatic carbocycles. The molecule has 0 atom stereocenters. The molecule has 0 aliphatic rings. The molecule has 0 aliphatic heterocycles. The lowest BCUT2D eigenvalue weighted by atomic mass is 10.2. The Morgan fingerprint density at radius 3 is 2.50 bits per heavy atom. The quantitative estimate of drug-likeness (QED) is 0.553. The van der Waals surface area contributed by atoms with Crippen molar-refractivity contribution < 1.29 is 4.74 Å². The average molecular weight is 211 g/mol. The summed E-state index contributed by atoms with van der Waals surface area (Å²) in [6.45, 7) is 0.802. The third-order valence-corrected chi connectivity index (χ3v) is 2.29. The van der Waals surface area contributed by atoms with Gasteiger partial charge in [0.25, 0.3) is 0 Å². The summed E-state index contributed by atoms with van der Waals surface area (Å²) in [6, 6.07) is 3.77. The molecule has 0 radical (unpaired) electrons. The molecule has 0 aromatic carbocycles. The van der Waals surface area contributed by atoms with Gasteiger partial charge in [0, 0.05) is 12.4 Å². The maximum Gasteiger partial charge on any atom is 0.122 e. The van der Waals surface area contributed by atoms with Gasteiger partial charge in [0.2, 0.25) is 0 Å². The third kappa shape index (κ3) is 5.12. The highest BCUT2D eigenvalue weighted by Crippen LogP contribution is 2.08. The number of aromatic nitrogens is 1. The molecule has 0 spiro atoms. The SMILES string of the molecule is SCCCCCCOc1ccncc1. The van der Waals surface area contributed by atoms with Crippen molar-refractivity contribution in [3.8, 4) is 5.75 Å². The number of hydrogen-bond acceptors (Lipinski definition) is 3.